The van der Waals surface area contributed by atoms with Crippen LogP contribution >= 0.6 is 0 Å². The molecular weight excluding hydrogens is 296 g/mol. The van der Waals surface area contributed by atoms with Gasteiger partial charge in [0.2, 0.25) is 5.88 Å². The van der Waals surface area contributed by atoms with Crippen LogP contribution in [-0.4, -0.2) is 39.7 Å². The van der Waals surface area contributed by atoms with Crippen LogP contribution < -0.4 is 0 Å². The summed E-state index contributed by atoms with van der Waals surface area (Å²) in [5, 5.41) is 20.2. The number of pyridine rings is 1. The zero-order valence-electron chi connectivity index (χ0n) is 12.8. The zero-order chi connectivity index (χ0) is 16.4. The first-order valence-electron chi connectivity index (χ1n) is 7.38. The molecule has 1 aliphatic heterocycles. The molecule has 120 valence electrons. The molecule has 0 radical (unpaired) electrons. The molecule has 3 rings (SSSR count). The van der Waals surface area contributed by atoms with Crippen LogP contribution in [-0.2, 0) is 24.2 Å². The topological polar surface area (TPSA) is 82.9 Å². The molecule has 6 heteroatoms. The summed E-state index contributed by atoms with van der Waals surface area (Å²) >= 11 is 0. The summed E-state index contributed by atoms with van der Waals surface area (Å²) in [4.78, 5) is 17.9. The first-order valence-corrected chi connectivity index (χ1v) is 7.38. The van der Waals surface area contributed by atoms with Crippen molar-refractivity contribution in [2.24, 2.45) is 0 Å². The fourth-order valence-corrected chi connectivity index (χ4v) is 2.87. The first kappa shape index (κ1) is 15.3. The van der Waals surface area contributed by atoms with E-state index in [0.29, 0.717) is 24.2 Å². The summed E-state index contributed by atoms with van der Waals surface area (Å²) in [7, 11) is 1.20. The van der Waals surface area contributed by atoms with Crippen molar-refractivity contribution in [2.75, 3.05) is 13.7 Å². The van der Waals surface area contributed by atoms with Gasteiger partial charge in [-0.25, -0.2) is 9.78 Å². The normalized spacial score (nSPS) is 14.3. The smallest absolute Gasteiger partial charge is 0.347 e. The van der Waals surface area contributed by atoms with Gasteiger partial charge in [-0.3, -0.25) is 4.90 Å². The number of hydrogen-bond acceptors (Lipinski definition) is 6. The fourth-order valence-electron chi connectivity index (χ4n) is 2.87. The van der Waals surface area contributed by atoms with Gasteiger partial charge in [-0.15, -0.1) is 0 Å². The van der Waals surface area contributed by atoms with Gasteiger partial charge < -0.3 is 14.9 Å². The summed E-state index contributed by atoms with van der Waals surface area (Å²) in [6.45, 7) is 2.01. The minimum Gasteiger partial charge on any atom is -0.506 e. The lowest BCUT2D eigenvalue weighted by Crippen LogP contribution is -2.31. The molecule has 1 aliphatic rings. The van der Waals surface area contributed by atoms with Gasteiger partial charge in [0.1, 0.15) is 5.75 Å². The Morgan fingerprint density at radius 2 is 2.04 bits per heavy atom. The van der Waals surface area contributed by atoms with Crippen molar-refractivity contribution in [1.82, 2.24) is 9.88 Å². The maximum absolute atomic E-state index is 11.7. The Balaban J connectivity index is 1.86. The van der Waals surface area contributed by atoms with Crippen LogP contribution in [0.25, 0.3) is 0 Å². The van der Waals surface area contributed by atoms with Crippen LogP contribution in [0.3, 0.4) is 0 Å². The highest BCUT2D eigenvalue weighted by molar-refractivity contribution is 5.95. The molecule has 0 unspecified atom stereocenters. The van der Waals surface area contributed by atoms with Crippen molar-refractivity contribution in [3.8, 4) is 11.6 Å². The van der Waals surface area contributed by atoms with Crippen molar-refractivity contribution >= 4 is 5.97 Å². The van der Waals surface area contributed by atoms with E-state index in [1.807, 2.05) is 18.2 Å². The van der Waals surface area contributed by atoms with E-state index in [1.54, 1.807) is 0 Å². The number of aromatic nitrogens is 1. The number of hydrogen-bond donors (Lipinski definition) is 2. The SMILES string of the molecule is COC(=O)c1c(O)nc2c(c1O)CCN(Cc1ccccc1)C2. The molecule has 0 atom stereocenters. The third-order valence-corrected chi connectivity index (χ3v) is 4.03. The molecule has 23 heavy (non-hydrogen) atoms. The summed E-state index contributed by atoms with van der Waals surface area (Å²) in [6.07, 6.45) is 0.561. The van der Waals surface area contributed by atoms with Crippen molar-refractivity contribution in [3.05, 3.63) is 52.7 Å². The Kier molecular flexibility index (Phi) is 4.16. The molecule has 0 aliphatic carbocycles. The standard InChI is InChI=1S/C17H18N2O4/c1-23-17(22)14-15(20)12-7-8-19(10-13(12)18-16(14)21)9-11-5-3-2-4-6-11/h2-6H,7-10H2,1H3,(H2,18,20,21). The molecule has 0 spiro atoms. The lowest BCUT2D eigenvalue weighted by Gasteiger charge is -2.29. The van der Waals surface area contributed by atoms with Crippen LogP contribution in [0.2, 0.25) is 0 Å². The van der Waals surface area contributed by atoms with Gasteiger partial charge in [-0.05, 0) is 12.0 Å². The summed E-state index contributed by atoms with van der Waals surface area (Å²) in [5.41, 5.74) is 2.13. The van der Waals surface area contributed by atoms with Crippen LogP contribution in [0.15, 0.2) is 30.3 Å². The monoisotopic (exact) mass is 314 g/mol. The molecule has 2 heterocycles. The first-order chi connectivity index (χ1) is 11.1. The van der Waals surface area contributed by atoms with E-state index < -0.39 is 11.8 Å². The minimum absolute atomic E-state index is 0.223. The van der Waals surface area contributed by atoms with E-state index in [1.165, 1.54) is 12.7 Å². The molecule has 0 saturated carbocycles. The number of carbonyl (C=O) groups is 1. The van der Waals surface area contributed by atoms with Crippen molar-refractivity contribution < 1.29 is 19.7 Å². The number of aromatic hydroxyl groups is 2. The number of esters is 1. The minimum atomic E-state index is -0.790. The van der Waals surface area contributed by atoms with E-state index in [0.717, 1.165) is 13.1 Å². The van der Waals surface area contributed by atoms with Gasteiger partial charge in [0.25, 0.3) is 0 Å². The predicted octanol–water partition coefficient (Wildman–Crippen LogP) is 1.84. The van der Waals surface area contributed by atoms with Gasteiger partial charge in [0, 0.05) is 25.2 Å². The Hall–Kier alpha value is -2.60. The highest BCUT2D eigenvalue weighted by atomic mass is 16.5. The second-order valence-corrected chi connectivity index (χ2v) is 5.52. The van der Waals surface area contributed by atoms with E-state index in [2.05, 4.69) is 26.8 Å². The molecule has 6 nitrogen and oxygen atoms in total. The number of benzene rings is 1. The molecular formula is C17H18N2O4. The average Bonchev–Trinajstić information content (AvgIpc) is 2.55. The second kappa shape index (κ2) is 6.26. The van der Waals surface area contributed by atoms with E-state index in [4.69, 9.17) is 0 Å². The Morgan fingerprint density at radius 1 is 1.30 bits per heavy atom. The summed E-state index contributed by atoms with van der Waals surface area (Å²) in [6, 6.07) is 10.1. The molecule has 1 aromatic heterocycles. The molecule has 1 aromatic carbocycles. The third kappa shape index (κ3) is 2.98. The molecule has 2 aromatic rings. The number of ether oxygens (including phenoxy) is 1. The third-order valence-electron chi connectivity index (χ3n) is 4.03. The van der Waals surface area contributed by atoms with Gasteiger partial charge in [-0.1, -0.05) is 30.3 Å². The van der Waals surface area contributed by atoms with Crippen molar-refractivity contribution in [2.45, 2.75) is 19.5 Å². The maximum Gasteiger partial charge on any atom is 0.347 e. The van der Waals surface area contributed by atoms with Gasteiger partial charge in [-0.2, -0.15) is 0 Å². The quantitative estimate of drug-likeness (QED) is 0.841. The largest absolute Gasteiger partial charge is 0.506 e. The predicted molar refractivity (Wildman–Crippen MR) is 83.2 cm³/mol. The zero-order valence-corrected chi connectivity index (χ0v) is 12.8. The number of fused-ring (bicyclic) bond motifs is 1. The number of carbonyl (C=O) groups excluding carboxylic acids is 1. The van der Waals surface area contributed by atoms with Crippen molar-refractivity contribution in [3.63, 3.8) is 0 Å². The van der Waals surface area contributed by atoms with Gasteiger partial charge >= 0.3 is 5.97 Å². The highest BCUT2D eigenvalue weighted by Crippen LogP contribution is 2.34. The molecule has 2 N–H and O–H groups in total. The van der Waals surface area contributed by atoms with Gasteiger partial charge in [0.05, 0.1) is 12.8 Å². The summed E-state index contributed by atoms with van der Waals surface area (Å²) in [5.74, 6) is -1.50. The molecule has 0 amide bonds. The van der Waals surface area contributed by atoms with E-state index >= 15 is 0 Å². The molecule has 0 saturated heterocycles. The number of nitrogens with zero attached hydrogens (tertiary/aromatic N) is 2. The van der Waals surface area contributed by atoms with Crippen LogP contribution in [0, 0.1) is 0 Å². The van der Waals surface area contributed by atoms with Crippen LogP contribution in [0.5, 0.6) is 11.6 Å². The fraction of sp³-hybridized carbons (Fsp3) is 0.294. The van der Waals surface area contributed by atoms with Crippen LogP contribution in [0.4, 0.5) is 0 Å². The molecule has 0 bridgehead atoms. The summed E-state index contributed by atoms with van der Waals surface area (Å²) < 4.78 is 4.58. The lowest BCUT2D eigenvalue weighted by molar-refractivity contribution is 0.0592. The average molecular weight is 314 g/mol. The lowest BCUT2D eigenvalue weighted by atomic mass is 10.0. The highest BCUT2D eigenvalue weighted by Gasteiger charge is 2.28. The Morgan fingerprint density at radius 3 is 2.74 bits per heavy atom. The van der Waals surface area contributed by atoms with E-state index in [-0.39, 0.29) is 11.3 Å². The number of rotatable bonds is 3. The van der Waals surface area contributed by atoms with Crippen LogP contribution in [0.1, 0.15) is 27.2 Å². The second-order valence-electron chi connectivity index (χ2n) is 5.52. The van der Waals surface area contributed by atoms with Gasteiger partial charge in [0.15, 0.2) is 5.56 Å². The van der Waals surface area contributed by atoms with E-state index in [9.17, 15) is 15.0 Å². The number of methoxy groups -OCH3 is 1. The Bertz CT molecular complexity index is 731. The maximum atomic E-state index is 11.7. The Labute approximate surface area is 134 Å². The molecule has 0 fully saturated rings. The van der Waals surface area contributed by atoms with Crippen molar-refractivity contribution in [1.29, 1.82) is 0 Å².